The molecule has 1 aromatic rings. The average Bonchev–Trinajstić information content (AvgIpc) is 3.69. The number of hydrogen-bond donors (Lipinski definition) is 9. The van der Waals surface area contributed by atoms with E-state index in [1.54, 1.807) is 30.3 Å². The van der Waals surface area contributed by atoms with E-state index in [0.29, 0.717) is 31.2 Å². The smallest absolute Gasteiger partial charge is 0.325 e. The van der Waals surface area contributed by atoms with Crippen LogP contribution < -0.4 is 37.6 Å². The number of likely N-dealkylation sites (tertiary alicyclic amines) is 1. The van der Waals surface area contributed by atoms with Gasteiger partial charge in [-0.2, -0.15) is 0 Å². The highest BCUT2D eigenvalue weighted by Crippen LogP contribution is 2.22. The van der Waals surface area contributed by atoms with Crippen LogP contribution in [-0.4, -0.2) is 124 Å². The molecular weight excluding hydrogens is 764 g/mol. The molecule has 2 rings (SSSR count). The van der Waals surface area contributed by atoms with Crippen molar-refractivity contribution in [2.75, 3.05) is 13.1 Å². The summed E-state index contributed by atoms with van der Waals surface area (Å²) in [7, 11) is 0. The molecule has 0 saturated carbocycles. The summed E-state index contributed by atoms with van der Waals surface area (Å²) in [6, 6.07) is 0.943. The molecule has 18 nitrogen and oxygen atoms in total. The van der Waals surface area contributed by atoms with Gasteiger partial charge in [-0.25, -0.2) is 0 Å². The van der Waals surface area contributed by atoms with Gasteiger partial charge in [-0.05, 0) is 56.4 Å². The quantitative estimate of drug-likeness (QED) is 0.0691. The maximum Gasteiger partial charge on any atom is 0.325 e. The molecular formula is C41H66N8O10. The van der Waals surface area contributed by atoms with E-state index in [1.807, 2.05) is 41.5 Å². The van der Waals surface area contributed by atoms with Gasteiger partial charge in [0.15, 0.2) is 0 Å². The largest absolute Gasteiger partial charge is 0.480 e. The van der Waals surface area contributed by atoms with Crippen LogP contribution in [0.1, 0.15) is 93.1 Å². The third-order valence-corrected chi connectivity index (χ3v) is 10.7. The van der Waals surface area contributed by atoms with Crippen LogP contribution in [0.25, 0.3) is 0 Å². The molecule has 0 aliphatic carbocycles. The Morgan fingerprint density at radius 3 is 1.95 bits per heavy atom. The lowest BCUT2D eigenvalue weighted by atomic mass is 9.95. The number of rotatable bonds is 23. The summed E-state index contributed by atoms with van der Waals surface area (Å²) in [5.74, 6) is -6.45. The minimum absolute atomic E-state index is 0.00246. The Morgan fingerprint density at radius 2 is 1.39 bits per heavy atom. The molecule has 0 bridgehead atoms. The Balaban J connectivity index is 2.26. The van der Waals surface area contributed by atoms with Gasteiger partial charge in [0.25, 0.3) is 0 Å². The van der Waals surface area contributed by atoms with Gasteiger partial charge in [-0.1, -0.05) is 84.7 Å². The average molecular weight is 831 g/mol. The minimum atomic E-state index is -1.53. The summed E-state index contributed by atoms with van der Waals surface area (Å²) < 4.78 is 0. The van der Waals surface area contributed by atoms with Crippen molar-refractivity contribution < 1.29 is 48.6 Å². The number of carbonyl (C=O) groups is 8. The normalized spacial score (nSPS) is 18.4. The molecule has 0 radical (unpaired) electrons. The van der Waals surface area contributed by atoms with Crippen molar-refractivity contribution in [1.29, 1.82) is 0 Å². The van der Waals surface area contributed by atoms with E-state index in [0.717, 1.165) is 0 Å². The summed E-state index contributed by atoms with van der Waals surface area (Å²) >= 11 is 0. The van der Waals surface area contributed by atoms with Crippen molar-refractivity contribution in [1.82, 2.24) is 36.8 Å². The maximum atomic E-state index is 14.0. The molecule has 1 saturated heterocycles. The van der Waals surface area contributed by atoms with Crippen LogP contribution in [-0.2, 0) is 44.8 Å². The number of carboxylic acids is 1. The Labute approximate surface area is 346 Å². The lowest BCUT2D eigenvalue weighted by molar-refractivity contribution is -0.143. The molecule has 1 aliphatic heterocycles. The second-order valence-corrected chi connectivity index (χ2v) is 16.0. The molecule has 1 heterocycles. The van der Waals surface area contributed by atoms with Crippen LogP contribution in [0.15, 0.2) is 30.3 Å². The molecule has 10 atom stereocenters. The highest BCUT2D eigenvalue weighted by Gasteiger charge is 2.41. The Kier molecular flexibility index (Phi) is 20.4. The van der Waals surface area contributed by atoms with Crippen molar-refractivity contribution in [3.8, 4) is 0 Å². The number of nitrogens with zero attached hydrogens (tertiary/aromatic N) is 1. The van der Waals surface area contributed by atoms with Gasteiger partial charge in [0.05, 0.1) is 18.7 Å². The number of amides is 7. The van der Waals surface area contributed by atoms with E-state index in [4.69, 9.17) is 10.8 Å². The van der Waals surface area contributed by atoms with E-state index in [-0.39, 0.29) is 37.1 Å². The molecule has 1 aromatic carbocycles. The molecule has 7 amide bonds. The van der Waals surface area contributed by atoms with E-state index in [9.17, 15) is 43.5 Å². The van der Waals surface area contributed by atoms with E-state index < -0.39 is 102 Å². The predicted molar refractivity (Wildman–Crippen MR) is 219 cm³/mol. The molecule has 1 fully saturated rings. The second kappa shape index (κ2) is 24.1. The van der Waals surface area contributed by atoms with Gasteiger partial charge in [0, 0.05) is 13.0 Å². The molecule has 59 heavy (non-hydrogen) atoms. The van der Waals surface area contributed by atoms with Crippen LogP contribution >= 0.6 is 0 Å². The third kappa shape index (κ3) is 15.5. The van der Waals surface area contributed by atoms with Crippen molar-refractivity contribution in [3.63, 3.8) is 0 Å². The summed E-state index contributed by atoms with van der Waals surface area (Å²) in [6.07, 6.45) is 0.880. The molecule has 18 heteroatoms. The minimum Gasteiger partial charge on any atom is -0.480 e. The first-order valence-electron chi connectivity index (χ1n) is 20.5. The zero-order valence-electron chi connectivity index (χ0n) is 35.6. The number of benzene rings is 1. The number of nitrogens with one attached hydrogen (secondary N) is 6. The van der Waals surface area contributed by atoms with Crippen LogP contribution in [0.4, 0.5) is 0 Å². The number of aliphatic hydroxyl groups excluding tert-OH is 1. The Bertz CT molecular complexity index is 1610. The number of aliphatic carboxylic acids is 1. The van der Waals surface area contributed by atoms with E-state index in [1.165, 1.54) is 18.7 Å². The fraction of sp³-hybridized carbons (Fsp3) is 0.659. The fourth-order valence-corrected chi connectivity index (χ4v) is 6.51. The second-order valence-electron chi connectivity index (χ2n) is 16.0. The van der Waals surface area contributed by atoms with Gasteiger partial charge in [0.1, 0.15) is 36.3 Å². The number of hydrogen-bond acceptors (Lipinski definition) is 10. The van der Waals surface area contributed by atoms with Crippen LogP contribution in [0.3, 0.4) is 0 Å². The molecule has 1 aliphatic rings. The van der Waals surface area contributed by atoms with Gasteiger partial charge >= 0.3 is 5.97 Å². The van der Waals surface area contributed by atoms with Crippen molar-refractivity contribution in [2.45, 2.75) is 142 Å². The monoisotopic (exact) mass is 830 g/mol. The van der Waals surface area contributed by atoms with Crippen molar-refractivity contribution in [2.24, 2.45) is 23.5 Å². The number of aliphatic hydroxyl groups is 1. The summed E-state index contributed by atoms with van der Waals surface area (Å²) in [5, 5.41) is 34.5. The lowest BCUT2D eigenvalue weighted by Gasteiger charge is -2.33. The number of carboxylic acid groups (broad SMARTS) is 1. The zero-order chi connectivity index (χ0) is 44.6. The zero-order valence-corrected chi connectivity index (χ0v) is 35.6. The molecule has 0 spiro atoms. The fourth-order valence-electron chi connectivity index (χ4n) is 6.51. The highest BCUT2D eigenvalue weighted by atomic mass is 16.4. The van der Waals surface area contributed by atoms with E-state index >= 15 is 0 Å². The molecule has 0 aromatic heterocycles. The first-order chi connectivity index (χ1) is 27.7. The molecule has 10 N–H and O–H groups in total. The maximum absolute atomic E-state index is 14.0. The van der Waals surface area contributed by atoms with Gasteiger partial charge in [0.2, 0.25) is 41.4 Å². The first-order valence-corrected chi connectivity index (χ1v) is 20.5. The summed E-state index contributed by atoms with van der Waals surface area (Å²) in [5.41, 5.74) is 6.85. The van der Waals surface area contributed by atoms with Crippen LogP contribution in [0.2, 0.25) is 0 Å². The Morgan fingerprint density at radius 1 is 0.763 bits per heavy atom. The van der Waals surface area contributed by atoms with Crippen LogP contribution in [0, 0.1) is 17.8 Å². The van der Waals surface area contributed by atoms with E-state index in [2.05, 4.69) is 31.9 Å². The SMILES string of the molecule is CC[C@H](C)[C@H](N)C(=O)N[C@H](C(=O)N1CCC[C@H]1C(=O)N[C@@H](CC(C)C)C(=O)N[C@@H](Cc1ccccc1)C(=O)NCC(=O)N[C@H](C(=O)N[C@@H](C)C(=O)O)[C@@H](C)O)[C@@H](C)CC. The topological polar surface area (TPSA) is 278 Å². The molecule has 330 valence electrons. The molecule has 0 unspecified atom stereocenters. The van der Waals surface area contributed by atoms with Gasteiger partial charge in [-0.3, -0.25) is 38.4 Å². The van der Waals surface area contributed by atoms with Crippen molar-refractivity contribution in [3.05, 3.63) is 35.9 Å². The predicted octanol–water partition coefficient (Wildman–Crippen LogP) is -0.289. The number of nitrogens with two attached hydrogens (primary N) is 1. The van der Waals surface area contributed by atoms with Crippen LogP contribution in [0.5, 0.6) is 0 Å². The lowest BCUT2D eigenvalue weighted by Crippen LogP contribution is -2.60. The first kappa shape index (κ1) is 50.0. The summed E-state index contributed by atoms with van der Waals surface area (Å²) in [4.78, 5) is 107. The van der Waals surface area contributed by atoms with Gasteiger partial charge < -0.3 is 52.7 Å². The summed E-state index contributed by atoms with van der Waals surface area (Å²) in [6.45, 7) is 13.3. The Hall–Kier alpha value is -5.10. The standard InChI is InChI=1S/C41H66N8O10/c1-9-23(5)32(42)38(55)48-33(24(6)10-2)40(57)49-18-14-17-30(49)37(54)46-28(19-22(3)4)36(53)45-29(20-27-15-12-11-13-16-27)35(52)43-21-31(51)47-34(26(8)50)39(56)44-25(7)41(58)59/h11-13,15-16,22-26,28-30,32-34,50H,9-10,14,17-21,42H2,1-8H3,(H,43,52)(H,44,56)(H,45,53)(H,46,54)(H,47,51)(H,48,55)(H,58,59)/t23-,24-,25-,26+,28-,29-,30-,32-,33-,34-/m0/s1. The van der Waals surface area contributed by atoms with Gasteiger partial charge in [-0.15, -0.1) is 0 Å². The third-order valence-electron chi connectivity index (χ3n) is 10.7. The number of carbonyl (C=O) groups excluding carboxylic acids is 7. The highest BCUT2D eigenvalue weighted by molar-refractivity contribution is 5.97. The van der Waals surface area contributed by atoms with Crippen molar-refractivity contribution >= 4 is 47.3 Å².